The van der Waals surface area contributed by atoms with Gasteiger partial charge in [0.25, 0.3) is 0 Å². The molecule has 0 aliphatic rings. The molecule has 0 radical (unpaired) electrons. The molecule has 0 unspecified atom stereocenters. The van der Waals surface area contributed by atoms with Gasteiger partial charge in [-0.2, -0.15) is 0 Å². The molecule has 98 valence electrons. The van der Waals surface area contributed by atoms with E-state index >= 15 is 0 Å². The van der Waals surface area contributed by atoms with Gasteiger partial charge in [0.15, 0.2) is 6.10 Å². The summed E-state index contributed by atoms with van der Waals surface area (Å²) in [6, 6.07) is 4.47. The number of nitrogens with one attached hydrogen (secondary N) is 2. The van der Waals surface area contributed by atoms with Gasteiger partial charge in [-0.3, -0.25) is 0 Å². The summed E-state index contributed by atoms with van der Waals surface area (Å²) in [4.78, 5) is 21.7. The van der Waals surface area contributed by atoms with Gasteiger partial charge in [-0.15, -0.1) is 0 Å². The molecular formula is C11H13ClN2O4. The van der Waals surface area contributed by atoms with E-state index in [2.05, 4.69) is 10.6 Å². The number of aliphatic carboxylic acids is 1. The van der Waals surface area contributed by atoms with Gasteiger partial charge in [-0.25, -0.2) is 9.59 Å². The van der Waals surface area contributed by atoms with Crippen LogP contribution in [-0.4, -0.2) is 34.9 Å². The molecule has 0 aliphatic carbocycles. The number of carbonyl (C=O) groups excluding carboxylic acids is 1. The number of anilines is 1. The zero-order valence-corrected chi connectivity index (χ0v) is 10.4. The minimum Gasteiger partial charge on any atom is -0.479 e. The third-order valence-corrected chi connectivity index (χ3v) is 2.44. The van der Waals surface area contributed by atoms with Crippen molar-refractivity contribution in [3.8, 4) is 0 Å². The van der Waals surface area contributed by atoms with Crippen molar-refractivity contribution in [3.05, 3.63) is 28.8 Å². The molecule has 4 N–H and O–H groups in total. The minimum absolute atomic E-state index is 0.370. The summed E-state index contributed by atoms with van der Waals surface area (Å²) < 4.78 is 0. The number of benzene rings is 1. The highest BCUT2D eigenvalue weighted by atomic mass is 35.5. The maximum atomic E-state index is 11.4. The van der Waals surface area contributed by atoms with Crippen LogP contribution < -0.4 is 10.6 Å². The number of carboxylic acids is 1. The van der Waals surface area contributed by atoms with E-state index in [4.69, 9.17) is 21.8 Å². The molecule has 0 fully saturated rings. The first-order chi connectivity index (χ1) is 8.40. The summed E-state index contributed by atoms with van der Waals surface area (Å²) >= 11 is 5.87. The zero-order valence-electron chi connectivity index (χ0n) is 9.61. The molecule has 0 saturated carbocycles. The maximum absolute atomic E-state index is 11.4. The first kappa shape index (κ1) is 14.3. The van der Waals surface area contributed by atoms with Crippen molar-refractivity contribution >= 4 is 29.3 Å². The zero-order chi connectivity index (χ0) is 13.7. The Morgan fingerprint density at radius 1 is 1.44 bits per heavy atom. The normalized spacial score (nSPS) is 11.7. The Balaban J connectivity index is 2.54. The van der Waals surface area contributed by atoms with Crippen LogP contribution in [0.2, 0.25) is 5.02 Å². The van der Waals surface area contributed by atoms with Gasteiger partial charge in [0.1, 0.15) is 0 Å². The third kappa shape index (κ3) is 4.23. The van der Waals surface area contributed by atoms with Crippen LogP contribution in [0.3, 0.4) is 0 Å². The van der Waals surface area contributed by atoms with Crippen LogP contribution in [-0.2, 0) is 4.79 Å². The molecule has 0 bridgehead atoms. The summed E-state index contributed by atoms with van der Waals surface area (Å²) in [5, 5.41) is 22.4. The number of urea groups is 1. The summed E-state index contributed by atoms with van der Waals surface area (Å²) in [5.41, 5.74) is 1.33. The smallest absolute Gasteiger partial charge is 0.334 e. The average Bonchev–Trinajstić information content (AvgIpc) is 2.30. The standard InChI is InChI=1S/C11H13ClN2O4/c1-6-2-3-7(12)8(4-6)14-11(18)13-5-9(15)10(16)17/h2-4,9,15H,5H2,1H3,(H,16,17)(H2,13,14,18)/t9-/m0/s1. The molecule has 1 aromatic rings. The molecule has 0 spiro atoms. The molecule has 0 aliphatic heterocycles. The molecule has 1 rings (SSSR count). The van der Waals surface area contributed by atoms with E-state index in [1.165, 1.54) is 0 Å². The molecule has 2 amide bonds. The number of hydrogen-bond acceptors (Lipinski definition) is 3. The van der Waals surface area contributed by atoms with E-state index in [0.29, 0.717) is 10.7 Å². The SMILES string of the molecule is Cc1ccc(Cl)c(NC(=O)NC[C@H](O)C(=O)O)c1. The van der Waals surface area contributed by atoms with Crippen molar-refractivity contribution in [2.75, 3.05) is 11.9 Å². The van der Waals surface area contributed by atoms with Crippen molar-refractivity contribution in [3.63, 3.8) is 0 Å². The number of halogens is 1. The van der Waals surface area contributed by atoms with Gasteiger partial charge < -0.3 is 20.8 Å². The average molecular weight is 273 g/mol. The number of aliphatic hydroxyl groups is 1. The molecule has 0 heterocycles. The van der Waals surface area contributed by atoms with Gasteiger partial charge in [0, 0.05) is 0 Å². The number of carbonyl (C=O) groups is 2. The number of carboxylic acid groups (broad SMARTS) is 1. The van der Waals surface area contributed by atoms with Crippen molar-refractivity contribution in [2.45, 2.75) is 13.0 Å². The van der Waals surface area contributed by atoms with Gasteiger partial charge in [-0.05, 0) is 24.6 Å². The number of rotatable bonds is 4. The summed E-state index contributed by atoms with van der Waals surface area (Å²) in [6.45, 7) is 1.46. The van der Waals surface area contributed by atoms with Crippen LogP contribution in [0, 0.1) is 6.92 Å². The number of aliphatic hydroxyl groups excluding tert-OH is 1. The van der Waals surface area contributed by atoms with Gasteiger partial charge in [0.2, 0.25) is 0 Å². The lowest BCUT2D eigenvalue weighted by atomic mass is 10.2. The fraction of sp³-hybridized carbons (Fsp3) is 0.273. The molecule has 0 saturated heterocycles. The lowest BCUT2D eigenvalue weighted by Gasteiger charge is -2.10. The Bertz CT molecular complexity index is 464. The Morgan fingerprint density at radius 2 is 2.11 bits per heavy atom. The minimum atomic E-state index is -1.64. The topological polar surface area (TPSA) is 98.7 Å². The second-order valence-corrected chi connectivity index (χ2v) is 4.08. The monoisotopic (exact) mass is 272 g/mol. The second-order valence-electron chi connectivity index (χ2n) is 3.67. The molecule has 1 atom stereocenters. The largest absolute Gasteiger partial charge is 0.479 e. The van der Waals surface area contributed by atoms with E-state index in [9.17, 15) is 9.59 Å². The van der Waals surface area contributed by atoms with E-state index in [1.807, 2.05) is 6.92 Å². The molecule has 6 nitrogen and oxygen atoms in total. The van der Waals surface area contributed by atoms with Gasteiger partial charge in [-0.1, -0.05) is 17.7 Å². The summed E-state index contributed by atoms with van der Waals surface area (Å²) in [6.07, 6.45) is -1.64. The first-order valence-corrected chi connectivity index (χ1v) is 5.50. The Morgan fingerprint density at radius 3 is 2.72 bits per heavy atom. The summed E-state index contributed by atoms with van der Waals surface area (Å²) in [7, 11) is 0. The fourth-order valence-electron chi connectivity index (χ4n) is 1.18. The number of aryl methyl sites for hydroxylation is 1. The van der Waals surface area contributed by atoms with Crippen LogP contribution in [0.5, 0.6) is 0 Å². The van der Waals surface area contributed by atoms with Crippen molar-refractivity contribution in [2.24, 2.45) is 0 Å². The lowest BCUT2D eigenvalue weighted by molar-refractivity contribution is -0.146. The van der Waals surface area contributed by atoms with Crippen LogP contribution in [0.4, 0.5) is 10.5 Å². The maximum Gasteiger partial charge on any atom is 0.334 e. The highest BCUT2D eigenvalue weighted by Crippen LogP contribution is 2.22. The van der Waals surface area contributed by atoms with Crippen LogP contribution in [0.15, 0.2) is 18.2 Å². The van der Waals surface area contributed by atoms with Crippen LogP contribution in [0.1, 0.15) is 5.56 Å². The third-order valence-electron chi connectivity index (χ3n) is 2.11. The molecule has 7 heteroatoms. The number of hydrogen-bond donors (Lipinski definition) is 4. The molecule has 18 heavy (non-hydrogen) atoms. The second kappa shape index (κ2) is 6.23. The predicted molar refractivity (Wildman–Crippen MR) is 66.9 cm³/mol. The molecule has 1 aromatic carbocycles. The lowest BCUT2D eigenvalue weighted by Crippen LogP contribution is -2.38. The Hall–Kier alpha value is -1.79. The fourth-order valence-corrected chi connectivity index (χ4v) is 1.34. The highest BCUT2D eigenvalue weighted by Gasteiger charge is 2.14. The number of amides is 2. The van der Waals surface area contributed by atoms with Crippen molar-refractivity contribution in [1.29, 1.82) is 0 Å². The van der Waals surface area contributed by atoms with Crippen molar-refractivity contribution in [1.82, 2.24) is 5.32 Å². The predicted octanol–water partition coefficient (Wildman–Crippen LogP) is 1.22. The Labute approximate surface area is 109 Å². The molecular weight excluding hydrogens is 260 g/mol. The van der Waals surface area contributed by atoms with E-state index < -0.39 is 18.1 Å². The summed E-state index contributed by atoms with van der Waals surface area (Å²) in [5.74, 6) is -1.40. The van der Waals surface area contributed by atoms with Crippen LogP contribution in [0.25, 0.3) is 0 Å². The first-order valence-electron chi connectivity index (χ1n) is 5.12. The highest BCUT2D eigenvalue weighted by molar-refractivity contribution is 6.33. The van der Waals surface area contributed by atoms with E-state index in [1.54, 1.807) is 18.2 Å². The van der Waals surface area contributed by atoms with Gasteiger partial charge >= 0.3 is 12.0 Å². The van der Waals surface area contributed by atoms with Gasteiger partial charge in [0.05, 0.1) is 17.3 Å². The van der Waals surface area contributed by atoms with E-state index in [0.717, 1.165) is 5.56 Å². The van der Waals surface area contributed by atoms with E-state index in [-0.39, 0.29) is 6.54 Å². The van der Waals surface area contributed by atoms with Crippen LogP contribution >= 0.6 is 11.6 Å². The molecule has 0 aromatic heterocycles. The van der Waals surface area contributed by atoms with Crippen molar-refractivity contribution < 1.29 is 19.8 Å². The quantitative estimate of drug-likeness (QED) is 0.662. The Kier molecular flexibility index (Phi) is 4.94.